The lowest BCUT2D eigenvalue weighted by atomic mass is 10.1. The number of rotatable bonds is 7. The summed E-state index contributed by atoms with van der Waals surface area (Å²) >= 11 is 0. The summed E-state index contributed by atoms with van der Waals surface area (Å²) in [6, 6.07) is 8.25. The zero-order chi connectivity index (χ0) is 18.9. The molecule has 1 fully saturated rings. The van der Waals surface area contributed by atoms with Crippen molar-refractivity contribution in [3.63, 3.8) is 0 Å². The third kappa shape index (κ3) is 8.02. The summed E-state index contributed by atoms with van der Waals surface area (Å²) in [7, 11) is 3.47. The number of amides is 1. The molecule has 27 heavy (non-hydrogen) atoms. The number of nitrogens with zero attached hydrogens (tertiary/aromatic N) is 3. The summed E-state index contributed by atoms with van der Waals surface area (Å²) in [5, 5.41) is 16.0. The number of hydrogen-bond acceptors (Lipinski definition) is 4. The lowest BCUT2D eigenvalue weighted by Gasteiger charge is -2.18. The predicted octanol–water partition coefficient (Wildman–Crippen LogP) is 1.01. The molecule has 0 radical (unpaired) electrons. The second-order valence-electron chi connectivity index (χ2n) is 6.78. The van der Waals surface area contributed by atoms with Gasteiger partial charge in [0.2, 0.25) is 5.91 Å². The maximum Gasteiger partial charge on any atom is 0.241 e. The Morgan fingerprint density at radius 1 is 1.30 bits per heavy atom. The number of likely N-dealkylation sites (tertiary alicyclic amines) is 1. The molecule has 1 heterocycles. The fourth-order valence-electron chi connectivity index (χ4n) is 2.89. The topological polar surface area (TPSA) is 80.2 Å². The summed E-state index contributed by atoms with van der Waals surface area (Å²) in [4.78, 5) is 20.2. The van der Waals surface area contributed by atoms with Crippen molar-refractivity contribution in [2.75, 3.05) is 40.3 Å². The van der Waals surface area contributed by atoms with Gasteiger partial charge in [0.15, 0.2) is 5.96 Å². The zero-order valence-electron chi connectivity index (χ0n) is 16.4. The number of halogens is 1. The Kier molecular flexibility index (Phi) is 10.6. The molecule has 3 N–H and O–H groups in total. The average Bonchev–Trinajstić information content (AvgIpc) is 3.03. The number of carbonyl (C=O) groups is 1. The van der Waals surface area contributed by atoms with Crippen LogP contribution in [0.25, 0.3) is 0 Å². The molecular weight excluding hydrogens is 457 g/mol. The molecule has 1 unspecified atom stereocenters. The SMILES string of the molecule is CCNC(=NCc1ccccc1CN1CCC(O)C1)NCC(=O)N(C)C.I. The number of guanidine groups is 1. The maximum atomic E-state index is 11.8. The van der Waals surface area contributed by atoms with Gasteiger partial charge in [0.1, 0.15) is 0 Å². The largest absolute Gasteiger partial charge is 0.392 e. The second-order valence-corrected chi connectivity index (χ2v) is 6.78. The highest BCUT2D eigenvalue weighted by Crippen LogP contribution is 2.17. The van der Waals surface area contributed by atoms with Crippen LogP contribution in [-0.2, 0) is 17.9 Å². The highest BCUT2D eigenvalue weighted by atomic mass is 127. The average molecular weight is 489 g/mol. The Bertz CT molecular complexity index is 624. The Morgan fingerprint density at radius 2 is 2.00 bits per heavy atom. The van der Waals surface area contributed by atoms with E-state index in [1.165, 1.54) is 5.56 Å². The lowest BCUT2D eigenvalue weighted by molar-refractivity contribution is -0.127. The van der Waals surface area contributed by atoms with Gasteiger partial charge in [-0.05, 0) is 24.5 Å². The Morgan fingerprint density at radius 3 is 2.59 bits per heavy atom. The van der Waals surface area contributed by atoms with Crippen LogP contribution in [-0.4, -0.2) is 73.2 Å². The summed E-state index contributed by atoms with van der Waals surface area (Å²) < 4.78 is 0. The fourth-order valence-corrected chi connectivity index (χ4v) is 2.89. The molecule has 1 aromatic carbocycles. The third-order valence-corrected chi connectivity index (χ3v) is 4.42. The van der Waals surface area contributed by atoms with Crippen LogP contribution in [0.15, 0.2) is 29.3 Å². The molecule has 1 amide bonds. The van der Waals surface area contributed by atoms with Gasteiger partial charge in [-0.3, -0.25) is 9.69 Å². The van der Waals surface area contributed by atoms with Crippen LogP contribution in [0.2, 0.25) is 0 Å². The van der Waals surface area contributed by atoms with E-state index < -0.39 is 0 Å². The number of aliphatic imine (C=N–C) groups is 1. The minimum atomic E-state index is -0.209. The Balaban J connectivity index is 0.00000364. The molecule has 152 valence electrons. The first-order valence-electron chi connectivity index (χ1n) is 9.19. The molecule has 1 aliphatic heterocycles. The van der Waals surface area contributed by atoms with Crippen LogP contribution in [0.4, 0.5) is 0 Å². The summed E-state index contributed by atoms with van der Waals surface area (Å²) in [6.07, 6.45) is 0.633. The molecule has 0 aromatic heterocycles. The number of likely N-dealkylation sites (N-methyl/N-ethyl adjacent to an activating group) is 1. The molecule has 1 atom stereocenters. The van der Waals surface area contributed by atoms with Gasteiger partial charge in [-0.1, -0.05) is 24.3 Å². The molecule has 7 nitrogen and oxygen atoms in total. The number of β-amino-alcohol motifs (C(OH)–C–C–N with tert-alkyl or cyclic N) is 1. The number of hydrogen-bond donors (Lipinski definition) is 3. The number of carbonyl (C=O) groups excluding carboxylic acids is 1. The number of aliphatic hydroxyl groups is 1. The van der Waals surface area contributed by atoms with E-state index in [0.717, 1.165) is 38.2 Å². The van der Waals surface area contributed by atoms with Crippen molar-refractivity contribution in [2.24, 2.45) is 4.99 Å². The Labute approximate surface area is 179 Å². The second kappa shape index (κ2) is 12.1. The molecule has 8 heteroatoms. The quantitative estimate of drug-likeness (QED) is 0.303. The van der Waals surface area contributed by atoms with Crippen molar-refractivity contribution in [1.29, 1.82) is 0 Å². The van der Waals surface area contributed by atoms with Crippen molar-refractivity contribution in [2.45, 2.75) is 32.5 Å². The monoisotopic (exact) mass is 489 g/mol. The molecule has 2 rings (SSSR count). The van der Waals surface area contributed by atoms with E-state index in [4.69, 9.17) is 0 Å². The number of aliphatic hydroxyl groups excluding tert-OH is 1. The molecular formula is C19H32IN5O2. The minimum Gasteiger partial charge on any atom is -0.392 e. The molecule has 1 aromatic rings. The molecule has 1 aliphatic rings. The standard InChI is InChI=1S/C19H31N5O2.HI/c1-4-20-19(22-12-18(26)23(2)3)21-11-15-7-5-6-8-16(15)13-24-10-9-17(25)14-24;/h5-8,17,25H,4,9-14H2,1-3H3,(H2,20,21,22);1H. The van der Waals surface area contributed by atoms with Crippen molar-refractivity contribution >= 4 is 35.8 Å². The van der Waals surface area contributed by atoms with E-state index in [1.807, 2.05) is 19.1 Å². The zero-order valence-corrected chi connectivity index (χ0v) is 18.8. The van der Waals surface area contributed by atoms with E-state index in [1.54, 1.807) is 19.0 Å². The van der Waals surface area contributed by atoms with Crippen LogP contribution in [0.3, 0.4) is 0 Å². The van der Waals surface area contributed by atoms with Crippen LogP contribution >= 0.6 is 24.0 Å². The number of nitrogens with one attached hydrogen (secondary N) is 2. The first-order valence-corrected chi connectivity index (χ1v) is 9.19. The summed E-state index contributed by atoms with van der Waals surface area (Å²) in [6.45, 7) is 5.97. The van der Waals surface area contributed by atoms with E-state index >= 15 is 0 Å². The molecule has 0 aliphatic carbocycles. The van der Waals surface area contributed by atoms with Crippen molar-refractivity contribution < 1.29 is 9.90 Å². The third-order valence-electron chi connectivity index (χ3n) is 4.42. The van der Waals surface area contributed by atoms with Gasteiger partial charge in [-0.2, -0.15) is 0 Å². The minimum absolute atomic E-state index is 0. The Hall–Kier alpha value is -1.39. The van der Waals surface area contributed by atoms with Crippen molar-refractivity contribution in [3.8, 4) is 0 Å². The highest BCUT2D eigenvalue weighted by Gasteiger charge is 2.20. The van der Waals surface area contributed by atoms with Crippen molar-refractivity contribution in [3.05, 3.63) is 35.4 Å². The van der Waals surface area contributed by atoms with Crippen LogP contribution < -0.4 is 10.6 Å². The van der Waals surface area contributed by atoms with Crippen LogP contribution in [0.1, 0.15) is 24.5 Å². The first kappa shape index (κ1) is 23.6. The van der Waals surface area contributed by atoms with Crippen molar-refractivity contribution in [1.82, 2.24) is 20.4 Å². The van der Waals surface area contributed by atoms with Crippen LogP contribution in [0, 0.1) is 0 Å². The van der Waals surface area contributed by atoms with Gasteiger partial charge in [-0.15, -0.1) is 24.0 Å². The smallest absolute Gasteiger partial charge is 0.241 e. The number of benzene rings is 1. The summed E-state index contributed by atoms with van der Waals surface area (Å²) in [5.41, 5.74) is 2.38. The fraction of sp³-hybridized carbons (Fsp3) is 0.579. The lowest BCUT2D eigenvalue weighted by Crippen LogP contribution is -2.42. The molecule has 0 spiro atoms. The molecule has 0 saturated carbocycles. The normalized spacial score (nSPS) is 17.3. The van der Waals surface area contributed by atoms with E-state index in [9.17, 15) is 9.90 Å². The van der Waals surface area contributed by atoms with E-state index in [0.29, 0.717) is 12.5 Å². The van der Waals surface area contributed by atoms with Gasteiger partial charge in [0.25, 0.3) is 0 Å². The van der Waals surface area contributed by atoms with Gasteiger partial charge < -0.3 is 20.6 Å². The highest BCUT2D eigenvalue weighted by molar-refractivity contribution is 14.0. The van der Waals surface area contributed by atoms with Gasteiger partial charge >= 0.3 is 0 Å². The molecule has 1 saturated heterocycles. The van der Waals surface area contributed by atoms with Gasteiger partial charge in [0.05, 0.1) is 19.2 Å². The van der Waals surface area contributed by atoms with Crippen LogP contribution in [0.5, 0.6) is 0 Å². The van der Waals surface area contributed by atoms with Gasteiger partial charge in [-0.25, -0.2) is 4.99 Å². The maximum absolute atomic E-state index is 11.8. The van der Waals surface area contributed by atoms with E-state index in [-0.39, 0.29) is 42.5 Å². The summed E-state index contributed by atoms with van der Waals surface area (Å²) in [5.74, 6) is 0.637. The van der Waals surface area contributed by atoms with Gasteiger partial charge in [0, 0.05) is 40.3 Å². The van der Waals surface area contributed by atoms with E-state index in [2.05, 4.69) is 32.7 Å². The predicted molar refractivity (Wildman–Crippen MR) is 119 cm³/mol. The first-order chi connectivity index (χ1) is 12.5. The molecule has 0 bridgehead atoms.